The van der Waals surface area contributed by atoms with E-state index in [0.29, 0.717) is 16.1 Å². The second kappa shape index (κ2) is 10.8. The number of rotatable bonds is 9. The predicted octanol–water partition coefficient (Wildman–Crippen LogP) is 5.54. The Morgan fingerprint density at radius 1 is 1.11 bits per heavy atom. The zero-order valence-corrected chi connectivity index (χ0v) is 21.3. The number of pyridine rings is 1. The van der Waals surface area contributed by atoms with Crippen LogP contribution in [-0.4, -0.2) is 30.8 Å². The third-order valence-electron chi connectivity index (χ3n) is 5.68. The number of hydrogen-bond acceptors (Lipinski definition) is 5. The Kier molecular flexibility index (Phi) is 8.30. The fourth-order valence-corrected chi connectivity index (χ4v) is 5.21. The SMILES string of the molecule is CCS(=O)(=O)c1cc(-c2cc(C(N)=O)ccc2Cl)cnc1CCC(C)C(=O)c1c(F)cccc1Cl. The normalized spacial score (nSPS) is 12.4. The highest BCUT2D eigenvalue weighted by Gasteiger charge is 2.24. The summed E-state index contributed by atoms with van der Waals surface area (Å²) in [5, 5.41) is 0.319. The maximum atomic E-state index is 14.2. The van der Waals surface area contributed by atoms with E-state index < -0.39 is 33.3 Å². The predicted molar refractivity (Wildman–Crippen MR) is 134 cm³/mol. The molecule has 35 heavy (non-hydrogen) atoms. The molecule has 3 rings (SSSR count). The third-order valence-corrected chi connectivity index (χ3v) is 8.11. The van der Waals surface area contributed by atoms with Crippen molar-refractivity contribution in [2.75, 3.05) is 5.75 Å². The summed E-state index contributed by atoms with van der Waals surface area (Å²) in [6.45, 7) is 3.14. The lowest BCUT2D eigenvalue weighted by Crippen LogP contribution is -2.16. The Labute approximate surface area is 213 Å². The summed E-state index contributed by atoms with van der Waals surface area (Å²) < 4.78 is 39.9. The van der Waals surface area contributed by atoms with Gasteiger partial charge in [0.1, 0.15) is 5.82 Å². The molecular formula is C25H23Cl2FN2O4S. The fourth-order valence-electron chi connectivity index (χ4n) is 3.60. The number of aryl methyl sites for hydroxylation is 1. The Bertz CT molecular complexity index is 1390. The fraction of sp³-hybridized carbons (Fsp3) is 0.240. The number of amides is 1. The van der Waals surface area contributed by atoms with Crippen molar-refractivity contribution in [3.63, 3.8) is 0 Å². The minimum Gasteiger partial charge on any atom is -0.366 e. The lowest BCUT2D eigenvalue weighted by molar-refractivity contribution is 0.0919. The number of aromatic nitrogens is 1. The zero-order valence-electron chi connectivity index (χ0n) is 19.0. The monoisotopic (exact) mass is 536 g/mol. The van der Waals surface area contributed by atoms with Crippen molar-refractivity contribution in [2.24, 2.45) is 11.7 Å². The van der Waals surface area contributed by atoms with Crippen LogP contribution in [0.1, 0.15) is 46.7 Å². The van der Waals surface area contributed by atoms with Crippen LogP contribution >= 0.6 is 23.2 Å². The second-order valence-corrected chi connectivity index (χ2v) is 11.1. The molecule has 10 heteroatoms. The van der Waals surface area contributed by atoms with Crippen molar-refractivity contribution in [1.82, 2.24) is 4.98 Å². The molecule has 1 aromatic heterocycles. The van der Waals surface area contributed by atoms with Crippen molar-refractivity contribution in [1.29, 1.82) is 0 Å². The number of benzene rings is 2. The molecule has 2 aromatic carbocycles. The minimum absolute atomic E-state index is 0.00150. The Hall–Kier alpha value is -2.81. The molecular weight excluding hydrogens is 514 g/mol. The highest BCUT2D eigenvalue weighted by Crippen LogP contribution is 2.32. The topological polar surface area (TPSA) is 107 Å². The van der Waals surface area contributed by atoms with Crippen LogP contribution in [0.3, 0.4) is 0 Å². The molecule has 0 aliphatic rings. The summed E-state index contributed by atoms with van der Waals surface area (Å²) in [7, 11) is -3.70. The summed E-state index contributed by atoms with van der Waals surface area (Å²) in [5.74, 6) is -2.63. The second-order valence-electron chi connectivity index (χ2n) is 8.03. The molecule has 1 amide bonds. The molecule has 6 nitrogen and oxygen atoms in total. The maximum absolute atomic E-state index is 14.2. The standard InChI is InChI=1S/C25H23Cl2FN2O4S/c1-3-35(33,34)22-12-16(17-11-15(25(29)32)8-9-18(17)26)13-30-21(22)10-7-14(2)24(31)23-19(27)5-4-6-20(23)28/h4-6,8-9,11-14H,3,7,10H2,1-2H3,(H2,29,32). The Morgan fingerprint density at radius 2 is 1.83 bits per heavy atom. The van der Waals surface area contributed by atoms with E-state index >= 15 is 0 Å². The number of nitrogens with zero attached hydrogens (tertiary/aromatic N) is 1. The molecule has 184 valence electrons. The number of primary amides is 1. The Morgan fingerprint density at radius 3 is 2.46 bits per heavy atom. The maximum Gasteiger partial charge on any atom is 0.248 e. The first-order valence-electron chi connectivity index (χ1n) is 10.8. The van der Waals surface area contributed by atoms with Crippen LogP contribution in [0.15, 0.2) is 53.6 Å². The van der Waals surface area contributed by atoms with E-state index in [-0.39, 0.29) is 45.3 Å². The molecule has 1 unspecified atom stereocenters. The van der Waals surface area contributed by atoms with Gasteiger partial charge in [0.15, 0.2) is 15.6 Å². The van der Waals surface area contributed by atoms with Gasteiger partial charge in [0, 0.05) is 33.8 Å². The number of carbonyl (C=O) groups is 2. The van der Waals surface area contributed by atoms with Crippen LogP contribution in [0.25, 0.3) is 11.1 Å². The van der Waals surface area contributed by atoms with Gasteiger partial charge in [-0.15, -0.1) is 0 Å². The average Bonchev–Trinajstić information content (AvgIpc) is 2.82. The molecule has 0 fully saturated rings. The van der Waals surface area contributed by atoms with Crippen molar-refractivity contribution in [2.45, 2.75) is 31.6 Å². The van der Waals surface area contributed by atoms with E-state index in [1.807, 2.05) is 0 Å². The summed E-state index contributed by atoms with van der Waals surface area (Å²) in [5.41, 5.74) is 6.47. The van der Waals surface area contributed by atoms with Crippen LogP contribution in [0, 0.1) is 11.7 Å². The van der Waals surface area contributed by atoms with Crippen molar-refractivity contribution in [3.8, 4) is 11.1 Å². The summed E-state index contributed by atoms with van der Waals surface area (Å²) in [6, 6.07) is 9.92. The van der Waals surface area contributed by atoms with Gasteiger partial charge in [0.2, 0.25) is 5.91 Å². The molecule has 0 aliphatic heterocycles. The molecule has 2 N–H and O–H groups in total. The zero-order chi connectivity index (χ0) is 25.9. The van der Waals surface area contributed by atoms with Gasteiger partial charge in [-0.1, -0.05) is 43.1 Å². The molecule has 0 aliphatic carbocycles. The molecule has 0 radical (unpaired) electrons. The van der Waals surface area contributed by atoms with Crippen molar-refractivity contribution >= 4 is 44.7 Å². The minimum atomic E-state index is -3.70. The largest absolute Gasteiger partial charge is 0.366 e. The van der Waals surface area contributed by atoms with Crippen LogP contribution in [-0.2, 0) is 16.3 Å². The first-order valence-corrected chi connectivity index (χ1v) is 13.2. The lowest BCUT2D eigenvalue weighted by atomic mass is 9.93. The first kappa shape index (κ1) is 26.8. The van der Waals surface area contributed by atoms with Crippen LogP contribution in [0.5, 0.6) is 0 Å². The van der Waals surface area contributed by atoms with Gasteiger partial charge in [-0.25, -0.2) is 12.8 Å². The number of halogens is 3. The van der Waals surface area contributed by atoms with Gasteiger partial charge in [-0.2, -0.15) is 0 Å². The molecule has 0 saturated heterocycles. The quantitative estimate of drug-likeness (QED) is 0.361. The van der Waals surface area contributed by atoms with E-state index in [0.717, 1.165) is 6.07 Å². The molecule has 1 atom stereocenters. The van der Waals surface area contributed by atoms with Crippen LogP contribution < -0.4 is 5.73 Å². The average molecular weight is 537 g/mol. The lowest BCUT2D eigenvalue weighted by Gasteiger charge is -2.15. The number of sulfone groups is 1. The number of ketones is 1. The van der Waals surface area contributed by atoms with Gasteiger partial charge in [-0.3, -0.25) is 14.6 Å². The Balaban J connectivity index is 1.96. The van der Waals surface area contributed by atoms with Gasteiger partial charge in [0.25, 0.3) is 0 Å². The van der Waals surface area contributed by atoms with Gasteiger partial charge in [-0.05, 0) is 49.2 Å². The van der Waals surface area contributed by atoms with Crippen molar-refractivity contribution < 1.29 is 22.4 Å². The highest BCUT2D eigenvalue weighted by atomic mass is 35.5. The number of nitrogens with two attached hydrogens (primary N) is 1. The molecule has 3 aromatic rings. The molecule has 0 spiro atoms. The van der Waals surface area contributed by atoms with Gasteiger partial charge in [0.05, 0.1) is 26.9 Å². The third kappa shape index (κ3) is 5.89. The van der Waals surface area contributed by atoms with Gasteiger partial charge >= 0.3 is 0 Å². The van der Waals surface area contributed by atoms with E-state index in [1.54, 1.807) is 6.92 Å². The molecule has 1 heterocycles. The molecule has 0 saturated carbocycles. The summed E-state index contributed by atoms with van der Waals surface area (Å²) in [4.78, 5) is 28.7. The van der Waals surface area contributed by atoms with E-state index in [1.165, 1.54) is 49.5 Å². The van der Waals surface area contributed by atoms with Gasteiger partial charge < -0.3 is 5.73 Å². The van der Waals surface area contributed by atoms with E-state index in [2.05, 4.69) is 4.98 Å². The summed E-state index contributed by atoms with van der Waals surface area (Å²) >= 11 is 12.3. The highest BCUT2D eigenvalue weighted by molar-refractivity contribution is 7.91. The van der Waals surface area contributed by atoms with Crippen molar-refractivity contribution in [3.05, 3.63) is 81.3 Å². The molecule has 0 bridgehead atoms. The van der Waals surface area contributed by atoms with E-state index in [9.17, 15) is 22.4 Å². The summed E-state index contributed by atoms with van der Waals surface area (Å²) in [6.07, 6.45) is 1.83. The van der Waals surface area contributed by atoms with E-state index in [4.69, 9.17) is 28.9 Å². The van der Waals surface area contributed by atoms with Crippen LogP contribution in [0.4, 0.5) is 4.39 Å². The first-order chi connectivity index (χ1) is 16.5. The number of carbonyl (C=O) groups excluding carboxylic acids is 2. The van der Waals surface area contributed by atoms with Crippen LogP contribution in [0.2, 0.25) is 10.0 Å². The smallest absolute Gasteiger partial charge is 0.248 e. The number of hydrogen-bond donors (Lipinski definition) is 1. The number of Topliss-reactive ketones (excluding diaryl/α,β-unsaturated/α-hetero) is 1.